The number of nitrogens with one attached hydrogen (secondary N) is 1. The lowest BCUT2D eigenvalue weighted by Crippen LogP contribution is -2.41. The highest BCUT2D eigenvalue weighted by Crippen LogP contribution is 2.37. The van der Waals surface area contributed by atoms with Gasteiger partial charge in [-0.15, -0.1) is 0 Å². The molecule has 2 atom stereocenters. The van der Waals surface area contributed by atoms with Crippen LogP contribution in [0.5, 0.6) is 0 Å². The first-order chi connectivity index (χ1) is 13.0. The molecule has 1 unspecified atom stereocenters. The SMILES string of the molecule is CCCCCCC(C)(CCCCC)C(=O)[C@@H](NC(=O)OC)c1ccccc1. The quantitative estimate of drug-likeness (QED) is 0.417. The van der Waals surface area contributed by atoms with Gasteiger partial charge in [0.2, 0.25) is 0 Å². The van der Waals surface area contributed by atoms with E-state index in [4.69, 9.17) is 4.74 Å². The third-order valence-electron chi connectivity index (χ3n) is 5.35. The van der Waals surface area contributed by atoms with Gasteiger partial charge in [-0.1, -0.05) is 96.0 Å². The molecule has 0 aromatic heterocycles. The molecule has 1 rings (SSSR count). The van der Waals surface area contributed by atoms with E-state index in [1.807, 2.05) is 30.3 Å². The molecule has 0 spiro atoms. The standard InChI is InChI=1S/C23H37NO3/c1-5-7-9-14-18-23(3,17-13-8-6-2)21(25)20(24-22(26)27-4)19-15-11-10-12-16-19/h10-12,15-16,20H,5-9,13-14,17-18H2,1-4H3,(H,24,26)/t20-,23?/m0/s1. The van der Waals surface area contributed by atoms with Crippen molar-refractivity contribution in [3.05, 3.63) is 35.9 Å². The number of benzene rings is 1. The topological polar surface area (TPSA) is 55.4 Å². The Hall–Kier alpha value is -1.84. The molecule has 0 aliphatic rings. The van der Waals surface area contributed by atoms with Crippen LogP contribution in [-0.2, 0) is 9.53 Å². The van der Waals surface area contributed by atoms with Crippen LogP contribution in [0.25, 0.3) is 0 Å². The third-order valence-corrected chi connectivity index (χ3v) is 5.35. The van der Waals surface area contributed by atoms with Crippen LogP contribution in [0.15, 0.2) is 30.3 Å². The minimum absolute atomic E-state index is 0.0895. The molecular weight excluding hydrogens is 338 g/mol. The molecule has 0 aliphatic heterocycles. The molecule has 4 heteroatoms. The zero-order valence-corrected chi connectivity index (χ0v) is 17.6. The van der Waals surface area contributed by atoms with Crippen molar-refractivity contribution in [2.45, 2.75) is 84.6 Å². The molecule has 0 fully saturated rings. The smallest absolute Gasteiger partial charge is 0.407 e. The van der Waals surface area contributed by atoms with E-state index in [2.05, 4.69) is 26.1 Å². The Morgan fingerprint density at radius 2 is 1.52 bits per heavy atom. The number of Topliss-reactive ketones (excluding diaryl/α,β-unsaturated/α-hetero) is 1. The summed E-state index contributed by atoms with van der Waals surface area (Å²) in [5.74, 6) is 0.0895. The summed E-state index contributed by atoms with van der Waals surface area (Å²) in [7, 11) is 1.33. The molecule has 152 valence electrons. The number of ether oxygens (including phenoxy) is 1. The van der Waals surface area contributed by atoms with Crippen LogP contribution in [0, 0.1) is 5.41 Å². The van der Waals surface area contributed by atoms with Crippen molar-refractivity contribution >= 4 is 11.9 Å². The summed E-state index contributed by atoms with van der Waals surface area (Å²) in [5.41, 5.74) is 0.368. The summed E-state index contributed by atoms with van der Waals surface area (Å²) in [4.78, 5) is 25.5. The molecule has 0 saturated heterocycles. The van der Waals surface area contributed by atoms with E-state index in [0.29, 0.717) is 0 Å². The first kappa shape index (κ1) is 23.2. The van der Waals surface area contributed by atoms with Crippen LogP contribution >= 0.6 is 0 Å². The summed E-state index contributed by atoms with van der Waals surface area (Å²) in [6.07, 6.45) is 9.00. The maximum atomic E-state index is 13.6. The first-order valence-corrected chi connectivity index (χ1v) is 10.4. The Morgan fingerprint density at radius 1 is 0.963 bits per heavy atom. The van der Waals surface area contributed by atoms with Crippen LogP contribution < -0.4 is 5.32 Å². The highest BCUT2D eigenvalue weighted by molar-refractivity contribution is 5.92. The van der Waals surface area contributed by atoms with Gasteiger partial charge in [0.15, 0.2) is 5.78 Å². The lowest BCUT2D eigenvalue weighted by molar-refractivity contribution is -0.131. The molecule has 1 amide bonds. The molecule has 1 N–H and O–H groups in total. The number of hydrogen-bond acceptors (Lipinski definition) is 3. The third kappa shape index (κ3) is 7.74. The van der Waals surface area contributed by atoms with Gasteiger partial charge in [-0.25, -0.2) is 4.79 Å². The fourth-order valence-corrected chi connectivity index (χ4v) is 3.55. The number of unbranched alkanes of at least 4 members (excludes halogenated alkanes) is 5. The molecule has 0 saturated carbocycles. The lowest BCUT2D eigenvalue weighted by atomic mass is 9.73. The predicted octanol–water partition coefficient (Wildman–Crippen LogP) is 6.21. The minimum atomic E-state index is -0.670. The summed E-state index contributed by atoms with van der Waals surface area (Å²) in [6.45, 7) is 6.44. The van der Waals surface area contributed by atoms with Gasteiger partial charge in [-0.05, 0) is 18.4 Å². The second kappa shape index (κ2) is 12.5. The van der Waals surface area contributed by atoms with Crippen molar-refractivity contribution in [3.8, 4) is 0 Å². The van der Waals surface area contributed by atoms with Crippen molar-refractivity contribution in [2.24, 2.45) is 5.41 Å². The van der Waals surface area contributed by atoms with Gasteiger partial charge in [-0.3, -0.25) is 4.79 Å². The zero-order valence-electron chi connectivity index (χ0n) is 17.6. The molecule has 0 radical (unpaired) electrons. The summed E-state index contributed by atoms with van der Waals surface area (Å²) < 4.78 is 4.77. The van der Waals surface area contributed by atoms with Gasteiger partial charge in [0.1, 0.15) is 6.04 Å². The van der Waals surface area contributed by atoms with Crippen molar-refractivity contribution < 1.29 is 14.3 Å². The van der Waals surface area contributed by atoms with Crippen LogP contribution in [0.3, 0.4) is 0 Å². The summed E-state index contributed by atoms with van der Waals surface area (Å²) in [5, 5.41) is 2.77. The van der Waals surface area contributed by atoms with Crippen molar-refractivity contribution in [1.82, 2.24) is 5.32 Å². The lowest BCUT2D eigenvalue weighted by Gasteiger charge is -2.32. The Kier molecular flexibility index (Phi) is 10.8. The fraction of sp³-hybridized carbons (Fsp3) is 0.652. The number of ketones is 1. The maximum absolute atomic E-state index is 13.6. The monoisotopic (exact) mass is 375 g/mol. The van der Waals surface area contributed by atoms with Crippen LogP contribution in [-0.4, -0.2) is 19.0 Å². The van der Waals surface area contributed by atoms with Gasteiger partial charge < -0.3 is 10.1 Å². The summed E-state index contributed by atoms with van der Waals surface area (Å²) in [6, 6.07) is 8.81. The highest BCUT2D eigenvalue weighted by atomic mass is 16.5. The number of methoxy groups -OCH3 is 1. The second-order valence-electron chi connectivity index (χ2n) is 7.67. The molecule has 0 bridgehead atoms. The van der Waals surface area contributed by atoms with Gasteiger partial charge in [0.25, 0.3) is 0 Å². The van der Waals surface area contributed by atoms with Crippen molar-refractivity contribution in [2.75, 3.05) is 7.11 Å². The molecule has 1 aromatic rings. The van der Waals surface area contributed by atoms with Crippen LogP contribution in [0.4, 0.5) is 4.79 Å². The van der Waals surface area contributed by atoms with E-state index in [-0.39, 0.29) is 5.78 Å². The normalized spacial score (nSPS) is 14.2. The van der Waals surface area contributed by atoms with E-state index < -0.39 is 17.6 Å². The first-order valence-electron chi connectivity index (χ1n) is 10.4. The zero-order chi connectivity index (χ0) is 20.1. The van der Waals surface area contributed by atoms with Gasteiger partial charge in [-0.2, -0.15) is 0 Å². The summed E-state index contributed by atoms with van der Waals surface area (Å²) >= 11 is 0. The van der Waals surface area contributed by atoms with E-state index in [9.17, 15) is 9.59 Å². The van der Waals surface area contributed by atoms with E-state index in [1.165, 1.54) is 20.0 Å². The molecule has 1 aromatic carbocycles. The number of alkyl carbamates (subject to hydrolysis) is 1. The Bertz CT molecular complexity index is 558. The fourth-order valence-electron chi connectivity index (χ4n) is 3.55. The maximum Gasteiger partial charge on any atom is 0.407 e. The Balaban J connectivity index is 3.04. The number of hydrogen-bond donors (Lipinski definition) is 1. The van der Waals surface area contributed by atoms with E-state index in [1.54, 1.807) is 0 Å². The molecule has 27 heavy (non-hydrogen) atoms. The number of carbonyl (C=O) groups is 2. The van der Waals surface area contributed by atoms with Crippen molar-refractivity contribution in [3.63, 3.8) is 0 Å². The number of rotatable bonds is 13. The van der Waals surface area contributed by atoms with Crippen LogP contribution in [0.2, 0.25) is 0 Å². The minimum Gasteiger partial charge on any atom is -0.453 e. The van der Waals surface area contributed by atoms with Gasteiger partial charge >= 0.3 is 6.09 Å². The molecule has 4 nitrogen and oxygen atoms in total. The van der Waals surface area contributed by atoms with E-state index >= 15 is 0 Å². The van der Waals surface area contributed by atoms with E-state index in [0.717, 1.165) is 50.5 Å². The largest absolute Gasteiger partial charge is 0.453 e. The van der Waals surface area contributed by atoms with Gasteiger partial charge in [0, 0.05) is 5.41 Å². The average molecular weight is 376 g/mol. The van der Waals surface area contributed by atoms with Crippen LogP contribution in [0.1, 0.15) is 90.2 Å². The molecule has 0 aliphatic carbocycles. The predicted molar refractivity (Wildman–Crippen MR) is 111 cm³/mol. The van der Waals surface area contributed by atoms with Gasteiger partial charge in [0.05, 0.1) is 7.11 Å². The second-order valence-corrected chi connectivity index (χ2v) is 7.67. The average Bonchev–Trinajstić information content (AvgIpc) is 2.69. The van der Waals surface area contributed by atoms with Crippen molar-refractivity contribution in [1.29, 1.82) is 0 Å². The number of amides is 1. The molecule has 0 heterocycles. The molecular formula is C23H37NO3. The Morgan fingerprint density at radius 3 is 2.07 bits per heavy atom. The highest BCUT2D eigenvalue weighted by Gasteiger charge is 2.38. The Labute approximate surface area is 165 Å². The number of carbonyl (C=O) groups excluding carboxylic acids is 2.